The van der Waals surface area contributed by atoms with Gasteiger partial charge in [0.2, 0.25) is 11.9 Å². The van der Waals surface area contributed by atoms with Gasteiger partial charge < -0.3 is 26.3 Å². The molecular formula is C16H22N10O. The van der Waals surface area contributed by atoms with Gasteiger partial charge in [-0.05, 0) is 13.8 Å². The van der Waals surface area contributed by atoms with E-state index in [-0.39, 0.29) is 24.4 Å². The highest BCUT2D eigenvalue weighted by atomic mass is 16.2. The number of nitrogens with one attached hydrogen (secondary N) is 3. The Morgan fingerprint density at radius 2 is 2.22 bits per heavy atom. The van der Waals surface area contributed by atoms with E-state index in [0.717, 1.165) is 18.8 Å². The number of nitrogens with two attached hydrogens (primary N) is 1. The first-order valence-electron chi connectivity index (χ1n) is 8.83. The van der Waals surface area contributed by atoms with Gasteiger partial charge in [-0.15, -0.1) is 0 Å². The molecule has 0 bridgehead atoms. The molecule has 0 aliphatic carbocycles. The Morgan fingerprint density at radius 3 is 2.93 bits per heavy atom. The summed E-state index contributed by atoms with van der Waals surface area (Å²) in [6.45, 7) is 6.31. The van der Waals surface area contributed by atoms with Gasteiger partial charge in [-0.3, -0.25) is 4.79 Å². The molecule has 0 saturated carbocycles. The summed E-state index contributed by atoms with van der Waals surface area (Å²) in [5.74, 6) is 1.19. The van der Waals surface area contributed by atoms with Crippen LogP contribution in [0.3, 0.4) is 0 Å². The van der Waals surface area contributed by atoms with Crippen molar-refractivity contribution in [2.45, 2.75) is 33.0 Å². The van der Waals surface area contributed by atoms with Gasteiger partial charge in [0, 0.05) is 25.7 Å². The summed E-state index contributed by atoms with van der Waals surface area (Å²) in [6.07, 6.45) is 1.57. The summed E-state index contributed by atoms with van der Waals surface area (Å²) >= 11 is 0. The molecule has 0 radical (unpaired) electrons. The number of fused-ring (bicyclic) bond motifs is 1. The van der Waals surface area contributed by atoms with E-state index in [2.05, 4.69) is 36.0 Å². The van der Waals surface area contributed by atoms with Crippen LogP contribution in [0.2, 0.25) is 0 Å². The van der Waals surface area contributed by atoms with Gasteiger partial charge in [-0.25, -0.2) is 9.67 Å². The highest BCUT2D eigenvalue weighted by molar-refractivity contribution is 5.91. The average molecular weight is 370 g/mol. The lowest BCUT2D eigenvalue weighted by molar-refractivity contribution is -0.116. The second-order valence-corrected chi connectivity index (χ2v) is 6.51. The number of rotatable bonds is 6. The summed E-state index contributed by atoms with van der Waals surface area (Å²) in [6, 6.07) is 2.12. The third-order valence-corrected chi connectivity index (χ3v) is 4.39. The minimum Gasteiger partial charge on any atom is -0.368 e. The Bertz CT molecular complexity index is 987. The van der Waals surface area contributed by atoms with Crippen LogP contribution in [0.25, 0.3) is 11.2 Å². The molecule has 27 heavy (non-hydrogen) atoms. The van der Waals surface area contributed by atoms with Crippen LogP contribution in [0.5, 0.6) is 0 Å². The average Bonchev–Trinajstić information content (AvgIpc) is 3.14. The van der Waals surface area contributed by atoms with Gasteiger partial charge in [0.25, 0.3) is 0 Å². The van der Waals surface area contributed by atoms with Crippen LogP contribution in [-0.2, 0) is 17.9 Å². The van der Waals surface area contributed by atoms with Crippen molar-refractivity contribution in [3.8, 4) is 0 Å². The van der Waals surface area contributed by atoms with E-state index in [1.165, 1.54) is 0 Å². The van der Waals surface area contributed by atoms with Crippen LogP contribution in [0, 0.1) is 6.92 Å². The lowest BCUT2D eigenvalue weighted by atomic mass is 10.2. The standard InChI is InChI=1S/C16H22N10O/c1-3-26-11(4-9(2)24-26)21-12(27)7-25-8-19-13-14(20-10-5-18-6-10)22-16(17)23-15(13)25/h4,8,10,18H,3,5-7H2,1-2H3,(H,21,27)(H3,17,20,22,23). The number of carbonyl (C=O) groups excluding carboxylic acids is 1. The van der Waals surface area contributed by atoms with Gasteiger partial charge in [-0.1, -0.05) is 0 Å². The first-order valence-corrected chi connectivity index (χ1v) is 8.83. The molecule has 3 aromatic rings. The molecule has 0 spiro atoms. The molecule has 5 N–H and O–H groups in total. The zero-order valence-electron chi connectivity index (χ0n) is 15.2. The molecule has 142 valence electrons. The number of imidazole rings is 1. The Labute approximate surface area is 155 Å². The van der Waals surface area contributed by atoms with Crippen molar-refractivity contribution in [3.63, 3.8) is 0 Å². The third-order valence-electron chi connectivity index (χ3n) is 4.39. The molecule has 3 aromatic heterocycles. The fourth-order valence-electron chi connectivity index (χ4n) is 2.99. The number of aromatic nitrogens is 6. The molecule has 1 saturated heterocycles. The number of carbonyl (C=O) groups is 1. The Hall–Kier alpha value is -3.21. The SMILES string of the molecule is CCn1nc(C)cc1NC(=O)Cn1cnc2c(NC3CNC3)nc(N)nc21. The van der Waals surface area contributed by atoms with E-state index in [1.807, 2.05) is 19.9 Å². The Morgan fingerprint density at radius 1 is 1.41 bits per heavy atom. The van der Waals surface area contributed by atoms with Crippen LogP contribution >= 0.6 is 0 Å². The van der Waals surface area contributed by atoms with E-state index >= 15 is 0 Å². The topological polar surface area (TPSA) is 141 Å². The first-order chi connectivity index (χ1) is 13.0. The first kappa shape index (κ1) is 17.2. The summed E-state index contributed by atoms with van der Waals surface area (Å²) in [5, 5.41) is 13.7. The molecule has 0 atom stereocenters. The van der Waals surface area contributed by atoms with Gasteiger partial charge in [0.15, 0.2) is 17.0 Å². The smallest absolute Gasteiger partial charge is 0.245 e. The molecule has 1 aliphatic rings. The van der Waals surface area contributed by atoms with E-state index in [1.54, 1.807) is 15.6 Å². The second kappa shape index (κ2) is 6.83. The third kappa shape index (κ3) is 3.40. The minimum absolute atomic E-state index is 0.0608. The number of anilines is 3. The zero-order chi connectivity index (χ0) is 19.0. The lowest BCUT2D eigenvalue weighted by Crippen LogP contribution is -2.51. The maximum Gasteiger partial charge on any atom is 0.245 e. The summed E-state index contributed by atoms with van der Waals surface area (Å²) in [5.41, 5.74) is 7.82. The molecule has 1 fully saturated rings. The fourth-order valence-corrected chi connectivity index (χ4v) is 2.99. The normalized spacial score (nSPS) is 14.3. The van der Waals surface area contributed by atoms with Gasteiger partial charge in [0.1, 0.15) is 12.4 Å². The Balaban J connectivity index is 1.55. The number of aryl methyl sites for hydroxylation is 2. The van der Waals surface area contributed by atoms with Crippen molar-refractivity contribution in [1.29, 1.82) is 0 Å². The number of hydrogen-bond donors (Lipinski definition) is 4. The number of amides is 1. The summed E-state index contributed by atoms with van der Waals surface area (Å²) < 4.78 is 3.40. The summed E-state index contributed by atoms with van der Waals surface area (Å²) in [7, 11) is 0. The minimum atomic E-state index is -0.196. The number of nitrogen functional groups attached to an aromatic ring is 1. The maximum absolute atomic E-state index is 12.5. The molecule has 1 aliphatic heterocycles. The molecule has 4 rings (SSSR count). The van der Waals surface area contributed by atoms with Crippen LogP contribution in [0.1, 0.15) is 12.6 Å². The van der Waals surface area contributed by atoms with Crippen LogP contribution in [-0.4, -0.2) is 54.3 Å². The fraction of sp³-hybridized carbons (Fsp3) is 0.438. The van der Waals surface area contributed by atoms with E-state index < -0.39 is 0 Å². The number of nitrogens with zero attached hydrogens (tertiary/aromatic N) is 6. The van der Waals surface area contributed by atoms with Crippen molar-refractivity contribution >= 4 is 34.7 Å². The van der Waals surface area contributed by atoms with Crippen molar-refractivity contribution in [2.24, 2.45) is 0 Å². The molecule has 0 aromatic carbocycles. The van der Waals surface area contributed by atoms with Crippen LogP contribution in [0.15, 0.2) is 12.4 Å². The second-order valence-electron chi connectivity index (χ2n) is 6.51. The van der Waals surface area contributed by atoms with Crippen molar-refractivity contribution in [1.82, 2.24) is 34.6 Å². The molecule has 0 unspecified atom stereocenters. The predicted octanol–water partition coefficient (Wildman–Crippen LogP) is -0.0443. The van der Waals surface area contributed by atoms with E-state index in [4.69, 9.17) is 5.73 Å². The molecule has 11 nitrogen and oxygen atoms in total. The van der Waals surface area contributed by atoms with Crippen molar-refractivity contribution < 1.29 is 4.79 Å². The quantitative estimate of drug-likeness (QED) is 0.474. The largest absolute Gasteiger partial charge is 0.368 e. The highest BCUT2D eigenvalue weighted by Gasteiger charge is 2.21. The monoisotopic (exact) mass is 370 g/mol. The van der Waals surface area contributed by atoms with Gasteiger partial charge in [0.05, 0.1) is 18.1 Å². The van der Waals surface area contributed by atoms with Crippen LogP contribution in [0.4, 0.5) is 17.6 Å². The zero-order valence-corrected chi connectivity index (χ0v) is 15.2. The van der Waals surface area contributed by atoms with Gasteiger partial charge in [-0.2, -0.15) is 15.1 Å². The predicted molar refractivity (Wildman–Crippen MR) is 101 cm³/mol. The van der Waals surface area contributed by atoms with Crippen LogP contribution < -0.4 is 21.7 Å². The summed E-state index contributed by atoms with van der Waals surface area (Å²) in [4.78, 5) is 25.4. The molecule has 4 heterocycles. The van der Waals surface area contributed by atoms with E-state index in [0.29, 0.717) is 29.3 Å². The molecular weight excluding hydrogens is 348 g/mol. The molecule has 11 heteroatoms. The Kier molecular flexibility index (Phi) is 4.36. The van der Waals surface area contributed by atoms with Crippen molar-refractivity contribution in [3.05, 3.63) is 18.1 Å². The highest BCUT2D eigenvalue weighted by Crippen LogP contribution is 2.21. The lowest BCUT2D eigenvalue weighted by Gasteiger charge is -2.28. The molecule has 1 amide bonds. The van der Waals surface area contributed by atoms with Crippen molar-refractivity contribution in [2.75, 3.05) is 29.5 Å². The number of hydrogen-bond acceptors (Lipinski definition) is 8. The maximum atomic E-state index is 12.5. The van der Waals surface area contributed by atoms with E-state index in [9.17, 15) is 4.79 Å². The van der Waals surface area contributed by atoms with Gasteiger partial charge >= 0.3 is 0 Å².